The number of aryl methyl sites for hydroxylation is 2. The van der Waals surface area contributed by atoms with Crippen molar-refractivity contribution in [2.45, 2.75) is 32.9 Å². The number of aliphatic hydroxyl groups is 1. The zero-order valence-electron chi connectivity index (χ0n) is 12.2. The molecule has 1 saturated heterocycles. The van der Waals surface area contributed by atoms with E-state index in [1.807, 2.05) is 0 Å². The second-order valence-corrected chi connectivity index (χ2v) is 6.70. The van der Waals surface area contributed by atoms with Gasteiger partial charge in [-0.15, -0.1) is 0 Å². The minimum Gasteiger partial charge on any atom is -0.393 e. The van der Waals surface area contributed by atoms with Gasteiger partial charge in [0.05, 0.1) is 6.10 Å². The summed E-state index contributed by atoms with van der Waals surface area (Å²) < 4.78 is 0. The van der Waals surface area contributed by atoms with E-state index in [0.717, 1.165) is 32.0 Å². The first-order valence-corrected chi connectivity index (χ1v) is 7.60. The number of benzene rings is 1. The number of nitrogens with one attached hydrogen (secondary N) is 1. The number of hydrogen-bond donors (Lipinski definition) is 2. The Bertz CT molecular complexity index is 660. The van der Waals surface area contributed by atoms with E-state index in [-0.39, 0.29) is 6.10 Å². The molecule has 20 heavy (non-hydrogen) atoms. The molecule has 0 bridgehead atoms. The molecular weight excluding hydrogens is 248 g/mol. The molecule has 4 rings (SSSR count). The molecule has 2 fully saturated rings. The first-order chi connectivity index (χ1) is 9.61. The van der Waals surface area contributed by atoms with Crippen LogP contribution in [0.25, 0.3) is 10.9 Å². The highest BCUT2D eigenvalue weighted by Crippen LogP contribution is 2.41. The molecule has 0 unspecified atom stereocenters. The molecule has 2 aliphatic rings. The zero-order chi connectivity index (χ0) is 13.9. The van der Waals surface area contributed by atoms with Crippen LogP contribution in [-0.4, -0.2) is 34.2 Å². The smallest absolute Gasteiger partial charge is 0.0587 e. The highest BCUT2D eigenvalue weighted by atomic mass is 16.3. The van der Waals surface area contributed by atoms with Crippen LogP contribution >= 0.6 is 0 Å². The van der Waals surface area contributed by atoms with Crippen LogP contribution in [0.15, 0.2) is 18.2 Å². The van der Waals surface area contributed by atoms with E-state index >= 15 is 0 Å². The van der Waals surface area contributed by atoms with Crippen molar-refractivity contribution in [3.8, 4) is 0 Å². The lowest BCUT2D eigenvalue weighted by molar-refractivity contribution is -0.00435. The van der Waals surface area contributed by atoms with Crippen molar-refractivity contribution in [3.63, 3.8) is 0 Å². The second kappa shape index (κ2) is 4.34. The molecule has 2 N–H and O–H groups in total. The fourth-order valence-corrected chi connectivity index (χ4v) is 3.97. The summed E-state index contributed by atoms with van der Waals surface area (Å²) in [6, 6.07) is 6.61. The van der Waals surface area contributed by atoms with Crippen molar-refractivity contribution in [3.05, 3.63) is 35.0 Å². The van der Waals surface area contributed by atoms with Gasteiger partial charge in [0.1, 0.15) is 0 Å². The standard InChI is InChI=1S/C17H22N2O/c1-10-3-4-15-13(5-10)11(2)16(18-15)9-19-7-12-6-17(20)14(12)8-19/h3-5,12,14,17-18,20H,6-9H2,1-2H3/t12-,14+,17-/m1/s1. The summed E-state index contributed by atoms with van der Waals surface area (Å²) in [7, 11) is 0. The van der Waals surface area contributed by atoms with Crippen LogP contribution in [0.2, 0.25) is 0 Å². The van der Waals surface area contributed by atoms with Gasteiger partial charge in [-0.05, 0) is 43.9 Å². The lowest BCUT2D eigenvalue weighted by Crippen LogP contribution is -2.39. The summed E-state index contributed by atoms with van der Waals surface area (Å²) >= 11 is 0. The highest BCUT2D eigenvalue weighted by molar-refractivity contribution is 5.85. The topological polar surface area (TPSA) is 39.3 Å². The summed E-state index contributed by atoms with van der Waals surface area (Å²) in [6.07, 6.45) is 0.961. The molecule has 0 spiro atoms. The molecule has 1 aliphatic carbocycles. The fraction of sp³-hybridized carbons (Fsp3) is 0.529. The normalized spacial score (nSPS) is 29.6. The van der Waals surface area contributed by atoms with Crippen LogP contribution in [0.1, 0.15) is 23.2 Å². The van der Waals surface area contributed by atoms with E-state index in [0.29, 0.717) is 5.92 Å². The van der Waals surface area contributed by atoms with Gasteiger partial charge in [-0.1, -0.05) is 11.6 Å². The number of aliphatic hydroxyl groups excluding tert-OH is 1. The molecule has 0 amide bonds. The van der Waals surface area contributed by atoms with E-state index in [2.05, 4.69) is 41.9 Å². The number of fused-ring (bicyclic) bond motifs is 2. The van der Waals surface area contributed by atoms with Crippen molar-refractivity contribution >= 4 is 10.9 Å². The Morgan fingerprint density at radius 2 is 2.15 bits per heavy atom. The number of rotatable bonds is 2. The Hall–Kier alpha value is -1.32. The number of nitrogens with zero attached hydrogens (tertiary/aromatic N) is 1. The summed E-state index contributed by atoms with van der Waals surface area (Å²) in [5.74, 6) is 1.26. The summed E-state index contributed by atoms with van der Waals surface area (Å²) in [6.45, 7) is 7.55. The van der Waals surface area contributed by atoms with Gasteiger partial charge in [0.25, 0.3) is 0 Å². The van der Waals surface area contributed by atoms with Crippen LogP contribution < -0.4 is 0 Å². The number of aromatic amines is 1. The van der Waals surface area contributed by atoms with Crippen LogP contribution in [0.3, 0.4) is 0 Å². The molecule has 1 aromatic heterocycles. The minimum absolute atomic E-state index is 0.0449. The molecule has 1 aromatic carbocycles. The molecule has 2 aromatic rings. The van der Waals surface area contributed by atoms with Gasteiger partial charge < -0.3 is 10.1 Å². The number of H-pyrrole nitrogens is 1. The summed E-state index contributed by atoms with van der Waals surface area (Å²) in [5, 5.41) is 11.1. The maximum absolute atomic E-state index is 9.77. The molecule has 2 heterocycles. The van der Waals surface area contributed by atoms with E-state index in [1.54, 1.807) is 0 Å². The Balaban J connectivity index is 1.58. The fourth-order valence-electron chi connectivity index (χ4n) is 3.97. The average molecular weight is 270 g/mol. The van der Waals surface area contributed by atoms with Crippen LogP contribution in [0.5, 0.6) is 0 Å². The van der Waals surface area contributed by atoms with Crippen LogP contribution in [0.4, 0.5) is 0 Å². The third-order valence-electron chi connectivity index (χ3n) is 5.30. The zero-order valence-corrected chi connectivity index (χ0v) is 12.2. The predicted molar refractivity (Wildman–Crippen MR) is 80.7 cm³/mol. The SMILES string of the molecule is Cc1ccc2[nH]c(CN3C[C@H]4C[C@@H](O)[C@H]4C3)c(C)c2c1. The third kappa shape index (κ3) is 1.80. The van der Waals surface area contributed by atoms with Crippen molar-refractivity contribution < 1.29 is 5.11 Å². The van der Waals surface area contributed by atoms with Gasteiger partial charge in [0, 0.05) is 42.1 Å². The first-order valence-electron chi connectivity index (χ1n) is 7.60. The second-order valence-electron chi connectivity index (χ2n) is 6.70. The minimum atomic E-state index is -0.0449. The summed E-state index contributed by atoms with van der Waals surface area (Å²) in [5.41, 5.74) is 5.27. The molecule has 3 nitrogen and oxygen atoms in total. The molecule has 3 atom stereocenters. The van der Waals surface area contributed by atoms with E-state index in [4.69, 9.17) is 0 Å². The molecule has 1 saturated carbocycles. The maximum Gasteiger partial charge on any atom is 0.0587 e. The first kappa shape index (κ1) is 12.4. The monoisotopic (exact) mass is 270 g/mol. The molecule has 3 heteroatoms. The molecule has 0 radical (unpaired) electrons. The maximum atomic E-state index is 9.77. The number of likely N-dealkylation sites (tertiary alicyclic amines) is 1. The Morgan fingerprint density at radius 3 is 2.90 bits per heavy atom. The van der Waals surface area contributed by atoms with Gasteiger partial charge in [0.2, 0.25) is 0 Å². The number of hydrogen-bond acceptors (Lipinski definition) is 2. The molecule has 1 aliphatic heterocycles. The average Bonchev–Trinajstić information content (AvgIpc) is 2.90. The van der Waals surface area contributed by atoms with Gasteiger partial charge in [-0.3, -0.25) is 4.90 Å². The molecule has 106 valence electrons. The number of aromatic nitrogens is 1. The van der Waals surface area contributed by atoms with Crippen LogP contribution in [-0.2, 0) is 6.54 Å². The quantitative estimate of drug-likeness (QED) is 0.880. The van der Waals surface area contributed by atoms with Crippen molar-refractivity contribution in [1.29, 1.82) is 0 Å². The van der Waals surface area contributed by atoms with Gasteiger partial charge in [0.15, 0.2) is 0 Å². The van der Waals surface area contributed by atoms with Crippen molar-refractivity contribution in [2.24, 2.45) is 11.8 Å². The van der Waals surface area contributed by atoms with E-state index in [1.165, 1.54) is 27.7 Å². The Labute approximate surface area is 119 Å². The highest BCUT2D eigenvalue weighted by Gasteiger charge is 2.46. The third-order valence-corrected chi connectivity index (χ3v) is 5.30. The Morgan fingerprint density at radius 1 is 1.30 bits per heavy atom. The van der Waals surface area contributed by atoms with Crippen molar-refractivity contribution in [1.82, 2.24) is 9.88 Å². The lowest BCUT2D eigenvalue weighted by Gasteiger charge is -2.35. The van der Waals surface area contributed by atoms with Crippen LogP contribution in [0, 0.1) is 25.7 Å². The summed E-state index contributed by atoms with van der Waals surface area (Å²) in [4.78, 5) is 6.07. The van der Waals surface area contributed by atoms with E-state index in [9.17, 15) is 5.11 Å². The Kier molecular flexibility index (Phi) is 2.69. The lowest BCUT2D eigenvalue weighted by atomic mass is 9.74. The van der Waals surface area contributed by atoms with Gasteiger partial charge >= 0.3 is 0 Å². The van der Waals surface area contributed by atoms with E-state index < -0.39 is 0 Å². The van der Waals surface area contributed by atoms with Gasteiger partial charge in [-0.25, -0.2) is 0 Å². The van der Waals surface area contributed by atoms with Crippen molar-refractivity contribution in [2.75, 3.05) is 13.1 Å². The van der Waals surface area contributed by atoms with Gasteiger partial charge in [-0.2, -0.15) is 0 Å². The predicted octanol–water partition coefficient (Wildman–Crippen LogP) is 2.60. The molecular formula is C17H22N2O. The largest absolute Gasteiger partial charge is 0.393 e.